The first kappa shape index (κ1) is 22.7. The zero-order valence-electron chi connectivity index (χ0n) is 19.3. The fourth-order valence-electron chi connectivity index (χ4n) is 3.72. The molecule has 0 aliphatic carbocycles. The van der Waals surface area contributed by atoms with E-state index < -0.39 is 0 Å². The number of aromatic nitrogens is 6. The molecule has 3 aromatic heterocycles. The summed E-state index contributed by atoms with van der Waals surface area (Å²) >= 11 is 1.48. The second kappa shape index (κ2) is 9.63. The average Bonchev–Trinajstić information content (AvgIpc) is 3.49. The number of nitrogens with zero attached hydrogens (tertiary/aromatic N) is 6. The Balaban J connectivity index is 1.47. The van der Waals surface area contributed by atoms with Crippen molar-refractivity contribution in [2.45, 2.75) is 29.8 Å². The number of benzene rings is 2. The number of aryl methyl sites for hydroxylation is 1. The lowest BCUT2D eigenvalue weighted by atomic mass is 10.1. The molecule has 5 aromatic rings. The van der Waals surface area contributed by atoms with Crippen molar-refractivity contribution in [1.29, 1.82) is 0 Å². The molecule has 0 aliphatic heterocycles. The van der Waals surface area contributed by atoms with E-state index in [1.807, 2.05) is 24.3 Å². The van der Waals surface area contributed by atoms with E-state index in [-0.39, 0.29) is 18.1 Å². The van der Waals surface area contributed by atoms with Crippen LogP contribution in [0.1, 0.15) is 18.4 Å². The molecule has 0 saturated heterocycles. The van der Waals surface area contributed by atoms with Crippen molar-refractivity contribution in [1.82, 2.24) is 29.3 Å². The maximum atomic E-state index is 13.0. The molecule has 0 spiro atoms. The molecule has 11 heteroatoms. The molecule has 0 radical (unpaired) electrons. The van der Waals surface area contributed by atoms with E-state index in [0.717, 1.165) is 11.3 Å². The topological polar surface area (TPSA) is 110 Å². The molecule has 35 heavy (non-hydrogen) atoms. The second-order valence-corrected chi connectivity index (χ2v) is 8.51. The molecule has 0 atom stereocenters. The molecule has 10 nitrogen and oxygen atoms in total. The van der Waals surface area contributed by atoms with Crippen LogP contribution in [0.5, 0.6) is 11.5 Å². The van der Waals surface area contributed by atoms with Gasteiger partial charge in [0.2, 0.25) is 11.7 Å². The molecule has 3 heterocycles. The van der Waals surface area contributed by atoms with Gasteiger partial charge in [-0.2, -0.15) is 4.98 Å². The van der Waals surface area contributed by atoms with E-state index in [9.17, 15) is 4.79 Å². The van der Waals surface area contributed by atoms with Crippen LogP contribution in [0.15, 0.2) is 74.1 Å². The highest BCUT2D eigenvalue weighted by atomic mass is 32.2. The van der Waals surface area contributed by atoms with Crippen LogP contribution < -0.4 is 15.2 Å². The third-order valence-corrected chi connectivity index (χ3v) is 6.53. The Bertz CT molecular complexity index is 1560. The molecule has 5 rings (SSSR count). The minimum Gasteiger partial charge on any atom is -0.493 e. The highest BCUT2D eigenvalue weighted by Crippen LogP contribution is 2.36. The van der Waals surface area contributed by atoms with Crippen molar-refractivity contribution in [2.75, 3.05) is 14.2 Å². The van der Waals surface area contributed by atoms with Crippen LogP contribution in [-0.2, 0) is 13.0 Å². The van der Waals surface area contributed by atoms with Crippen LogP contribution in [0.2, 0.25) is 0 Å². The largest absolute Gasteiger partial charge is 0.493 e. The first-order valence-corrected chi connectivity index (χ1v) is 11.7. The molecule has 0 bridgehead atoms. The molecule has 0 unspecified atom stereocenters. The van der Waals surface area contributed by atoms with E-state index in [0.29, 0.717) is 33.6 Å². The molecule has 178 valence electrons. The van der Waals surface area contributed by atoms with Crippen molar-refractivity contribution in [3.8, 4) is 22.9 Å². The summed E-state index contributed by atoms with van der Waals surface area (Å²) < 4.78 is 19.0. The molecule has 0 N–H and O–H groups in total. The lowest BCUT2D eigenvalue weighted by Gasteiger charge is -2.09. The Kier molecular flexibility index (Phi) is 6.23. The summed E-state index contributed by atoms with van der Waals surface area (Å²) in [6, 6.07) is 13.5. The Morgan fingerprint density at radius 3 is 2.74 bits per heavy atom. The standard InChI is InChI=1S/C24H22N6O4S/c1-4-15-8-5-6-11-18(15)35-23-22-27-30(24(31)29(22)13-12-25-23)14-19-26-21(28-34-19)16-9-7-10-17(32-2)20(16)33-3/h5-13H,4,14H2,1-3H3. The Morgan fingerprint density at radius 2 is 1.94 bits per heavy atom. The minimum atomic E-state index is -0.327. The summed E-state index contributed by atoms with van der Waals surface area (Å²) in [5.74, 6) is 1.60. The minimum absolute atomic E-state index is 0.00938. The smallest absolute Gasteiger partial charge is 0.350 e. The molecule has 0 saturated carbocycles. The van der Waals surface area contributed by atoms with Crippen molar-refractivity contribution in [3.05, 3.63) is 76.8 Å². The van der Waals surface area contributed by atoms with Gasteiger partial charge in [0.05, 0.1) is 19.8 Å². The van der Waals surface area contributed by atoms with Gasteiger partial charge < -0.3 is 14.0 Å². The summed E-state index contributed by atoms with van der Waals surface area (Å²) in [4.78, 5) is 23.0. The van der Waals surface area contributed by atoms with Gasteiger partial charge in [0.25, 0.3) is 0 Å². The lowest BCUT2D eigenvalue weighted by Crippen LogP contribution is -2.21. The lowest BCUT2D eigenvalue weighted by molar-refractivity contribution is 0.354. The number of fused-ring (bicyclic) bond motifs is 1. The van der Waals surface area contributed by atoms with Crippen LogP contribution in [0.4, 0.5) is 0 Å². The monoisotopic (exact) mass is 490 g/mol. The van der Waals surface area contributed by atoms with Crippen molar-refractivity contribution in [2.24, 2.45) is 0 Å². The van der Waals surface area contributed by atoms with Gasteiger partial charge in [-0.3, -0.25) is 0 Å². The first-order chi connectivity index (χ1) is 17.1. The van der Waals surface area contributed by atoms with Crippen LogP contribution in [0, 0.1) is 0 Å². The Morgan fingerprint density at radius 1 is 1.09 bits per heavy atom. The normalized spacial score (nSPS) is 11.2. The number of hydrogen-bond donors (Lipinski definition) is 0. The van der Waals surface area contributed by atoms with Gasteiger partial charge in [-0.15, -0.1) is 5.10 Å². The Labute approximate surface area is 204 Å². The summed E-state index contributed by atoms with van der Waals surface area (Å²) in [6.45, 7) is 2.11. The van der Waals surface area contributed by atoms with Crippen LogP contribution in [-0.4, -0.2) is 43.5 Å². The fourth-order valence-corrected chi connectivity index (χ4v) is 4.76. The summed E-state index contributed by atoms with van der Waals surface area (Å²) in [7, 11) is 3.10. The molecule has 0 aliphatic rings. The summed E-state index contributed by atoms with van der Waals surface area (Å²) in [5, 5.41) is 9.20. The fraction of sp³-hybridized carbons (Fsp3) is 0.208. The average molecular weight is 491 g/mol. The number of methoxy groups -OCH3 is 2. The number of ether oxygens (including phenoxy) is 2. The van der Waals surface area contributed by atoms with Crippen molar-refractivity contribution in [3.63, 3.8) is 0 Å². The zero-order chi connectivity index (χ0) is 24.4. The molecule has 2 aromatic carbocycles. The highest BCUT2D eigenvalue weighted by molar-refractivity contribution is 7.99. The Hall–Kier alpha value is -4.12. The number of hydrogen-bond acceptors (Lipinski definition) is 9. The summed E-state index contributed by atoms with van der Waals surface area (Å²) in [5.41, 5.74) is 1.95. The highest BCUT2D eigenvalue weighted by Gasteiger charge is 2.19. The van der Waals surface area contributed by atoms with Gasteiger partial charge in [-0.25, -0.2) is 18.9 Å². The van der Waals surface area contributed by atoms with E-state index in [4.69, 9.17) is 14.0 Å². The summed E-state index contributed by atoms with van der Waals surface area (Å²) in [6.07, 6.45) is 4.08. The first-order valence-electron chi connectivity index (χ1n) is 10.9. The van der Waals surface area contributed by atoms with E-state index in [1.165, 1.54) is 26.4 Å². The van der Waals surface area contributed by atoms with Crippen molar-refractivity contribution >= 4 is 17.4 Å². The van der Waals surface area contributed by atoms with Crippen LogP contribution in [0.3, 0.4) is 0 Å². The predicted octanol–water partition coefficient (Wildman–Crippen LogP) is 3.72. The zero-order valence-corrected chi connectivity index (χ0v) is 20.2. The molecule has 0 amide bonds. The predicted molar refractivity (Wildman–Crippen MR) is 129 cm³/mol. The van der Waals surface area contributed by atoms with Crippen molar-refractivity contribution < 1.29 is 14.0 Å². The quantitative estimate of drug-likeness (QED) is 0.321. The third-order valence-electron chi connectivity index (χ3n) is 5.43. The van der Waals surface area contributed by atoms with Gasteiger partial charge in [-0.05, 0) is 30.2 Å². The van der Waals surface area contributed by atoms with Crippen LogP contribution in [0.25, 0.3) is 17.0 Å². The maximum absolute atomic E-state index is 13.0. The SMILES string of the molecule is CCc1ccccc1Sc1nccn2c(=O)n(Cc3nc(-c4cccc(OC)c4OC)no3)nc12. The van der Waals surface area contributed by atoms with Gasteiger partial charge in [-0.1, -0.05) is 48.1 Å². The van der Waals surface area contributed by atoms with Crippen LogP contribution >= 0.6 is 11.8 Å². The maximum Gasteiger partial charge on any atom is 0.350 e. The van der Waals surface area contributed by atoms with E-state index in [2.05, 4.69) is 33.2 Å². The third kappa shape index (κ3) is 4.26. The van der Waals surface area contributed by atoms with E-state index in [1.54, 1.807) is 38.7 Å². The molecule has 0 fully saturated rings. The van der Waals surface area contributed by atoms with E-state index >= 15 is 0 Å². The van der Waals surface area contributed by atoms with Gasteiger partial charge in [0, 0.05) is 17.3 Å². The van der Waals surface area contributed by atoms with Gasteiger partial charge in [0.1, 0.15) is 11.6 Å². The van der Waals surface area contributed by atoms with Gasteiger partial charge in [0.15, 0.2) is 17.1 Å². The molecular weight excluding hydrogens is 468 g/mol. The molecular formula is C24H22N6O4S. The van der Waals surface area contributed by atoms with Gasteiger partial charge >= 0.3 is 5.69 Å². The number of rotatable bonds is 8. The second-order valence-electron chi connectivity index (χ2n) is 7.48. The number of para-hydroxylation sites is 1.